The number of aromatic hydroxyl groups is 2. The number of hydrogen-bond donors (Lipinski definition) is 2. The number of ether oxygens (including phenoxy) is 2. The largest absolute Gasteiger partial charge is 0.504 e. The van der Waals surface area contributed by atoms with E-state index in [0.29, 0.717) is 17.9 Å². The molecule has 2 N–H and O–H groups in total. The summed E-state index contributed by atoms with van der Waals surface area (Å²) in [6.45, 7) is 0. The zero-order valence-corrected chi connectivity index (χ0v) is 12.9. The standard InChI is InChI=1S/C18H17NO4/c1-22-17-4-3-11(6-15(17)20)5-12-9-19-10-13-7-16(21)18(23-2)8-14(12)13/h3-4,6-10,20-21H,5H2,1-2H3. The van der Waals surface area contributed by atoms with Gasteiger partial charge in [-0.3, -0.25) is 4.98 Å². The van der Waals surface area contributed by atoms with Crippen LogP contribution in [0.25, 0.3) is 10.8 Å². The number of phenolic OH excluding ortho intramolecular Hbond substituents is 2. The number of fused-ring (bicyclic) bond motifs is 1. The minimum atomic E-state index is 0.0843. The fraction of sp³-hybridized carbons (Fsp3) is 0.167. The third-order valence-electron chi connectivity index (χ3n) is 3.78. The molecule has 0 saturated heterocycles. The van der Waals surface area contributed by atoms with Gasteiger partial charge in [0.15, 0.2) is 23.0 Å². The van der Waals surface area contributed by atoms with Crippen LogP contribution in [-0.4, -0.2) is 29.4 Å². The molecule has 3 rings (SSSR count). The first-order valence-corrected chi connectivity index (χ1v) is 7.12. The summed E-state index contributed by atoms with van der Waals surface area (Å²) in [6.07, 6.45) is 4.07. The molecule has 1 aromatic heterocycles. The van der Waals surface area contributed by atoms with Crippen molar-refractivity contribution in [3.63, 3.8) is 0 Å². The summed E-state index contributed by atoms with van der Waals surface area (Å²) in [5, 5.41) is 21.6. The molecule has 5 nitrogen and oxygen atoms in total. The summed E-state index contributed by atoms with van der Waals surface area (Å²) in [5.41, 5.74) is 1.91. The lowest BCUT2D eigenvalue weighted by Gasteiger charge is -2.10. The third-order valence-corrected chi connectivity index (χ3v) is 3.78. The molecule has 0 fully saturated rings. The number of phenols is 2. The highest BCUT2D eigenvalue weighted by molar-refractivity contribution is 5.88. The molecular formula is C18H17NO4. The van der Waals surface area contributed by atoms with Gasteiger partial charge in [0.2, 0.25) is 0 Å². The zero-order valence-electron chi connectivity index (χ0n) is 12.9. The van der Waals surface area contributed by atoms with Crippen LogP contribution in [-0.2, 0) is 6.42 Å². The van der Waals surface area contributed by atoms with Gasteiger partial charge in [0.05, 0.1) is 14.2 Å². The lowest BCUT2D eigenvalue weighted by Crippen LogP contribution is -1.94. The molecule has 118 valence electrons. The van der Waals surface area contributed by atoms with Gasteiger partial charge in [0.25, 0.3) is 0 Å². The maximum Gasteiger partial charge on any atom is 0.161 e. The van der Waals surface area contributed by atoms with E-state index < -0.39 is 0 Å². The predicted molar refractivity (Wildman–Crippen MR) is 87.4 cm³/mol. The lowest BCUT2D eigenvalue weighted by atomic mass is 10.00. The Kier molecular flexibility index (Phi) is 3.93. The topological polar surface area (TPSA) is 71.8 Å². The first-order chi connectivity index (χ1) is 11.1. The van der Waals surface area contributed by atoms with E-state index in [9.17, 15) is 10.2 Å². The molecule has 3 aromatic rings. The number of nitrogens with zero attached hydrogens (tertiary/aromatic N) is 1. The average molecular weight is 311 g/mol. The van der Waals surface area contributed by atoms with E-state index in [2.05, 4.69) is 4.98 Å². The van der Waals surface area contributed by atoms with Crippen LogP contribution in [0.1, 0.15) is 11.1 Å². The van der Waals surface area contributed by atoms with E-state index in [0.717, 1.165) is 21.9 Å². The van der Waals surface area contributed by atoms with Crippen LogP contribution < -0.4 is 9.47 Å². The molecule has 0 spiro atoms. The van der Waals surface area contributed by atoms with Crippen molar-refractivity contribution >= 4 is 10.8 Å². The number of rotatable bonds is 4. The average Bonchev–Trinajstić information content (AvgIpc) is 2.54. The van der Waals surface area contributed by atoms with Gasteiger partial charge in [-0.05, 0) is 47.2 Å². The van der Waals surface area contributed by atoms with E-state index >= 15 is 0 Å². The van der Waals surface area contributed by atoms with Crippen molar-refractivity contribution in [1.82, 2.24) is 4.98 Å². The van der Waals surface area contributed by atoms with Gasteiger partial charge in [0.1, 0.15) is 0 Å². The second kappa shape index (κ2) is 6.04. The van der Waals surface area contributed by atoms with Crippen molar-refractivity contribution < 1.29 is 19.7 Å². The summed E-state index contributed by atoms with van der Waals surface area (Å²) >= 11 is 0. The summed E-state index contributed by atoms with van der Waals surface area (Å²) in [4.78, 5) is 4.22. The zero-order chi connectivity index (χ0) is 16.4. The van der Waals surface area contributed by atoms with E-state index in [-0.39, 0.29) is 11.5 Å². The second-order valence-corrected chi connectivity index (χ2v) is 5.23. The fourth-order valence-electron chi connectivity index (χ4n) is 2.62. The molecule has 0 aliphatic rings. The number of methoxy groups -OCH3 is 2. The maximum atomic E-state index is 9.91. The molecule has 2 aromatic carbocycles. The Morgan fingerprint density at radius 2 is 1.65 bits per heavy atom. The highest BCUT2D eigenvalue weighted by Gasteiger charge is 2.10. The van der Waals surface area contributed by atoms with Crippen LogP contribution in [0.3, 0.4) is 0 Å². The molecule has 0 radical (unpaired) electrons. The van der Waals surface area contributed by atoms with Crippen molar-refractivity contribution in [2.24, 2.45) is 0 Å². The molecule has 0 bridgehead atoms. The predicted octanol–water partition coefficient (Wildman–Crippen LogP) is 3.25. The van der Waals surface area contributed by atoms with Crippen molar-refractivity contribution in [2.75, 3.05) is 14.2 Å². The van der Waals surface area contributed by atoms with Gasteiger partial charge in [-0.1, -0.05) is 6.07 Å². The smallest absolute Gasteiger partial charge is 0.161 e. The van der Waals surface area contributed by atoms with Gasteiger partial charge in [-0.25, -0.2) is 0 Å². The van der Waals surface area contributed by atoms with Crippen molar-refractivity contribution in [3.05, 3.63) is 53.9 Å². The number of hydrogen-bond acceptors (Lipinski definition) is 5. The molecule has 0 aliphatic heterocycles. The van der Waals surface area contributed by atoms with Gasteiger partial charge in [0, 0.05) is 17.8 Å². The first kappa shape index (κ1) is 15.0. The van der Waals surface area contributed by atoms with Gasteiger partial charge >= 0.3 is 0 Å². The third kappa shape index (κ3) is 2.85. The van der Waals surface area contributed by atoms with E-state index in [1.54, 1.807) is 36.7 Å². The van der Waals surface area contributed by atoms with Crippen LogP contribution in [0.2, 0.25) is 0 Å². The normalized spacial score (nSPS) is 10.7. The van der Waals surface area contributed by atoms with Crippen LogP contribution in [0.5, 0.6) is 23.0 Å². The highest BCUT2D eigenvalue weighted by Crippen LogP contribution is 2.33. The SMILES string of the molecule is COc1ccc(Cc2cncc3cc(O)c(OC)cc23)cc1O. The molecule has 0 amide bonds. The molecule has 23 heavy (non-hydrogen) atoms. The van der Waals surface area contributed by atoms with Crippen molar-refractivity contribution in [3.8, 4) is 23.0 Å². The van der Waals surface area contributed by atoms with Crippen molar-refractivity contribution in [2.45, 2.75) is 6.42 Å². The summed E-state index contributed by atoms with van der Waals surface area (Å²) in [6, 6.07) is 8.74. The Morgan fingerprint density at radius 1 is 0.913 bits per heavy atom. The van der Waals surface area contributed by atoms with Gasteiger partial charge in [-0.2, -0.15) is 0 Å². The van der Waals surface area contributed by atoms with Crippen LogP contribution in [0, 0.1) is 0 Å². The Morgan fingerprint density at radius 3 is 2.35 bits per heavy atom. The van der Waals surface area contributed by atoms with Crippen LogP contribution in [0.4, 0.5) is 0 Å². The van der Waals surface area contributed by atoms with E-state index in [1.165, 1.54) is 14.2 Å². The summed E-state index contributed by atoms with van der Waals surface area (Å²) in [5.74, 6) is 1.05. The molecule has 0 atom stereocenters. The van der Waals surface area contributed by atoms with E-state index in [4.69, 9.17) is 9.47 Å². The summed E-state index contributed by atoms with van der Waals surface area (Å²) in [7, 11) is 3.03. The van der Waals surface area contributed by atoms with Gasteiger partial charge < -0.3 is 19.7 Å². The molecule has 1 heterocycles. The minimum absolute atomic E-state index is 0.0843. The number of aromatic nitrogens is 1. The molecule has 5 heteroatoms. The first-order valence-electron chi connectivity index (χ1n) is 7.12. The maximum absolute atomic E-state index is 9.91. The monoisotopic (exact) mass is 311 g/mol. The number of pyridine rings is 1. The Hall–Kier alpha value is -2.95. The molecule has 0 saturated carbocycles. The quantitative estimate of drug-likeness (QED) is 0.774. The van der Waals surface area contributed by atoms with Crippen molar-refractivity contribution in [1.29, 1.82) is 0 Å². The molecule has 0 aliphatic carbocycles. The minimum Gasteiger partial charge on any atom is -0.504 e. The highest BCUT2D eigenvalue weighted by atomic mass is 16.5. The fourth-order valence-corrected chi connectivity index (χ4v) is 2.62. The molecular weight excluding hydrogens is 294 g/mol. The summed E-state index contributed by atoms with van der Waals surface area (Å²) < 4.78 is 10.2. The van der Waals surface area contributed by atoms with Crippen LogP contribution >= 0.6 is 0 Å². The molecule has 0 unspecified atom stereocenters. The van der Waals surface area contributed by atoms with Gasteiger partial charge in [-0.15, -0.1) is 0 Å². The Labute approximate surface area is 133 Å². The Bertz CT molecular complexity index is 861. The Balaban J connectivity index is 2.04. The lowest BCUT2D eigenvalue weighted by molar-refractivity contribution is 0.373. The van der Waals surface area contributed by atoms with Crippen LogP contribution in [0.15, 0.2) is 42.7 Å². The second-order valence-electron chi connectivity index (χ2n) is 5.23. The van der Waals surface area contributed by atoms with E-state index in [1.807, 2.05) is 6.07 Å². The number of benzene rings is 2.